The van der Waals surface area contributed by atoms with E-state index in [1.807, 2.05) is 71.6 Å². The number of benzene rings is 3. The molecule has 1 aliphatic heterocycles. The van der Waals surface area contributed by atoms with Crippen LogP contribution in [-0.2, 0) is 17.8 Å². The molecule has 1 unspecified atom stereocenters. The highest BCUT2D eigenvalue weighted by molar-refractivity contribution is 6.00. The lowest BCUT2D eigenvalue weighted by Crippen LogP contribution is -2.46. The maximum Gasteiger partial charge on any atom is 0.329 e. The number of carboxylic acid groups (broad SMARTS) is 1. The lowest BCUT2D eigenvalue weighted by Gasteiger charge is -2.31. The first-order valence-corrected chi connectivity index (χ1v) is 12.1. The fourth-order valence-electron chi connectivity index (χ4n) is 4.37. The molecule has 1 aliphatic rings. The first kappa shape index (κ1) is 24.3. The topological polar surface area (TPSA) is 78.9 Å². The minimum atomic E-state index is -1.30. The quantitative estimate of drug-likeness (QED) is 0.437. The minimum absolute atomic E-state index is 0.0551. The van der Waals surface area contributed by atoms with Crippen molar-refractivity contribution in [2.24, 2.45) is 0 Å². The molecular weight excluding hydrogens is 440 g/mol. The van der Waals surface area contributed by atoms with Gasteiger partial charge < -0.3 is 20.1 Å². The molecule has 3 aromatic rings. The van der Waals surface area contributed by atoms with Crippen LogP contribution >= 0.6 is 0 Å². The normalized spacial score (nSPS) is 15.2. The predicted octanol–water partition coefficient (Wildman–Crippen LogP) is 5.39. The van der Waals surface area contributed by atoms with Crippen LogP contribution in [0.15, 0.2) is 78.9 Å². The van der Waals surface area contributed by atoms with E-state index in [9.17, 15) is 14.7 Å². The highest BCUT2D eigenvalue weighted by atomic mass is 16.5. The van der Waals surface area contributed by atoms with Crippen LogP contribution in [0.4, 0.5) is 5.69 Å². The lowest BCUT2D eigenvalue weighted by atomic mass is 9.91. The average Bonchev–Trinajstić information content (AvgIpc) is 2.89. The van der Waals surface area contributed by atoms with Gasteiger partial charge in [-0.05, 0) is 61.6 Å². The van der Waals surface area contributed by atoms with Crippen molar-refractivity contribution in [3.63, 3.8) is 0 Å². The Kier molecular flexibility index (Phi) is 7.70. The van der Waals surface area contributed by atoms with Gasteiger partial charge in [0.1, 0.15) is 17.9 Å². The smallest absolute Gasteiger partial charge is 0.329 e. The van der Waals surface area contributed by atoms with E-state index in [0.29, 0.717) is 17.9 Å². The number of carbonyl (C=O) groups is 2. The number of nitrogens with one attached hydrogen (secondary N) is 1. The highest BCUT2D eigenvalue weighted by Gasteiger charge is 2.35. The van der Waals surface area contributed by atoms with Gasteiger partial charge in [0, 0.05) is 25.2 Å². The summed E-state index contributed by atoms with van der Waals surface area (Å²) in [6.45, 7) is 3.60. The van der Waals surface area contributed by atoms with E-state index in [1.54, 1.807) is 19.1 Å². The standard InChI is InChI=1S/C29H32N2O4/c1-29(28(33)34,20-22-14-16-24(17-15-22)35-21-23-10-4-2-5-11-23)30-26-13-7-6-12-25(26)27(32)31-18-8-3-9-19-31/h2,4-7,10-17,30H,3,8-9,18-21H2,1H3,(H,33,34). The number of ether oxygens (including phenoxy) is 1. The lowest BCUT2D eigenvalue weighted by molar-refractivity contribution is -0.141. The van der Waals surface area contributed by atoms with Gasteiger partial charge in [0.2, 0.25) is 0 Å². The number of likely N-dealkylation sites (tertiary alicyclic amines) is 1. The molecule has 182 valence electrons. The fourth-order valence-corrected chi connectivity index (χ4v) is 4.37. The molecule has 1 amide bonds. The largest absolute Gasteiger partial charge is 0.489 e. The molecule has 0 bridgehead atoms. The SMILES string of the molecule is CC(Cc1ccc(OCc2ccccc2)cc1)(Nc1ccccc1C(=O)N1CCCCC1)C(=O)O. The van der Waals surface area contributed by atoms with Gasteiger partial charge in [0.05, 0.1) is 5.56 Å². The third-order valence-corrected chi connectivity index (χ3v) is 6.41. The zero-order chi connectivity index (χ0) is 24.7. The van der Waals surface area contributed by atoms with Gasteiger partial charge >= 0.3 is 5.97 Å². The molecule has 0 saturated carbocycles. The highest BCUT2D eigenvalue weighted by Crippen LogP contribution is 2.26. The zero-order valence-electron chi connectivity index (χ0n) is 20.1. The van der Waals surface area contributed by atoms with Crippen molar-refractivity contribution in [1.29, 1.82) is 0 Å². The van der Waals surface area contributed by atoms with Crippen molar-refractivity contribution in [2.45, 2.75) is 44.8 Å². The van der Waals surface area contributed by atoms with Crippen molar-refractivity contribution in [2.75, 3.05) is 18.4 Å². The van der Waals surface area contributed by atoms with E-state index in [4.69, 9.17) is 4.74 Å². The molecular formula is C29H32N2O4. The molecule has 1 saturated heterocycles. The average molecular weight is 473 g/mol. The van der Waals surface area contributed by atoms with Crippen LogP contribution in [0.5, 0.6) is 5.75 Å². The number of hydrogen-bond donors (Lipinski definition) is 2. The molecule has 3 aromatic carbocycles. The van der Waals surface area contributed by atoms with E-state index < -0.39 is 11.5 Å². The van der Waals surface area contributed by atoms with Gasteiger partial charge in [-0.15, -0.1) is 0 Å². The number of carbonyl (C=O) groups excluding carboxylic acids is 1. The summed E-state index contributed by atoms with van der Waals surface area (Å²) < 4.78 is 5.85. The second-order valence-corrected chi connectivity index (χ2v) is 9.26. The Morgan fingerprint density at radius 1 is 0.886 bits per heavy atom. The van der Waals surface area contributed by atoms with Crippen LogP contribution in [0.2, 0.25) is 0 Å². The minimum Gasteiger partial charge on any atom is -0.489 e. The molecule has 2 N–H and O–H groups in total. The summed E-state index contributed by atoms with van der Waals surface area (Å²) in [6.07, 6.45) is 3.38. The number of amides is 1. The molecule has 4 rings (SSSR count). The van der Waals surface area contributed by atoms with Gasteiger partial charge in [-0.2, -0.15) is 0 Å². The Morgan fingerprint density at radius 2 is 1.54 bits per heavy atom. The molecule has 1 atom stereocenters. The van der Waals surface area contributed by atoms with Crippen LogP contribution in [0, 0.1) is 0 Å². The number of piperidine rings is 1. The first-order chi connectivity index (χ1) is 16.9. The van der Waals surface area contributed by atoms with Crippen LogP contribution in [0.3, 0.4) is 0 Å². The molecule has 35 heavy (non-hydrogen) atoms. The Bertz CT molecular complexity index is 1140. The summed E-state index contributed by atoms with van der Waals surface area (Å²) >= 11 is 0. The number of hydrogen-bond acceptors (Lipinski definition) is 4. The predicted molar refractivity (Wildman–Crippen MR) is 137 cm³/mol. The molecule has 0 aliphatic carbocycles. The third-order valence-electron chi connectivity index (χ3n) is 6.41. The summed E-state index contributed by atoms with van der Waals surface area (Å²) in [6, 6.07) is 24.6. The molecule has 1 fully saturated rings. The maximum atomic E-state index is 13.2. The first-order valence-electron chi connectivity index (χ1n) is 12.1. The number of carboxylic acids is 1. The number of rotatable bonds is 9. The second kappa shape index (κ2) is 11.1. The number of anilines is 1. The van der Waals surface area contributed by atoms with Crippen molar-refractivity contribution < 1.29 is 19.4 Å². The third kappa shape index (κ3) is 6.21. The summed E-state index contributed by atoms with van der Waals surface area (Å²) in [7, 11) is 0. The number of aliphatic carboxylic acids is 1. The molecule has 6 heteroatoms. The van der Waals surface area contributed by atoms with Crippen molar-refractivity contribution in [3.05, 3.63) is 95.6 Å². The Balaban J connectivity index is 1.46. The monoisotopic (exact) mass is 472 g/mol. The van der Waals surface area contributed by atoms with Gasteiger partial charge in [-0.3, -0.25) is 4.79 Å². The van der Waals surface area contributed by atoms with E-state index in [0.717, 1.165) is 49.2 Å². The Hall–Kier alpha value is -3.80. The molecule has 1 heterocycles. The summed E-state index contributed by atoms with van der Waals surface area (Å²) in [5, 5.41) is 13.3. The second-order valence-electron chi connectivity index (χ2n) is 9.26. The van der Waals surface area contributed by atoms with Gasteiger partial charge in [0.15, 0.2) is 0 Å². The molecule has 0 spiro atoms. The summed E-state index contributed by atoms with van der Waals surface area (Å²) in [5.74, 6) is -0.317. The fraction of sp³-hybridized carbons (Fsp3) is 0.310. The number of nitrogens with zero attached hydrogens (tertiary/aromatic N) is 1. The number of para-hydroxylation sites is 1. The van der Waals surface area contributed by atoms with Crippen molar-refractivity contribution in [1.82, 2.24) is 4.90 Å². The van der Waals surface area contributed by atoms with Crippen LogP contribution in [0.25, 0.3) is 0 Å². The van der Waals surface area contributed by atoms with E-state index in [-0.39, 0.29) is 12.3 Å². The van der Waals surface area contributed by atoms with Crippen LogP contribution in [-0.4, -0.2) is 40.5 Å². The van der Waals surface area contributed by atoms with Crippen LogP contribution < -0.4 is 10.1 Å². The van der Waals surface area contributed by atoms with Crippen LogP contribution in [0.1, 0.15) is 47.7 Å². The van der Waals surface area contributed by atoms with Gasteiger partial charge in [0.25, 0.3) is 5.91 Å². The van der Waals surface area contributed by atoms with Gasteiger partial charge in [-0.25, -0.2) is 4.79 Å². The molecule has 0 radical (unpaired) electrons. The summed E-state index contributed by atoms with van der Waals surface area (Å²) in [5.41, 5.74) is 1.68. The molecule has 6 nitrogen and oxygen atoms in total. The zero-order valence-corrected chi connectivity index (χ0v) is 20.1. The van der Waals surface area contributed by atoms with E-state index in [2.05, 4.69) is 5.32 Å². The Morgan fingerprint density at radius 3 is 2.23 bits per heavy atom. The van der Waals surface area contributed by atoms with Crippen molar-refractivity contribution in [3.8, 4) is 5.75 Å². The van der Waals surface area contributed by atoms with E-state index in [1.165, 1.54) is 0 Å². The maximum absolute atomic E-state index is 13.2. The summed E-state index contributed by atoms with van der Waals surface area (Å²) in [4.78, 5) is 27.4. The molecule has 0 aromatic heterocycles. The van der Waals surface area contributed by atoms with Gasteiger partial charge in [-0.1, -0.05) is 54.6 Å². The van der Waals surface area contributed by atoms with Crippen molar-refractivity contribution >= 4 is 17.6 Å². The van der Waals surface area contributed by atoms with E-state index >= 15 is 0 Å². The Labute approximate surface area is 206 Å².